The first-order valence-corrected chi connectivity index (χ1v) is 12.4. The summed E-state index contributed by atoms with van der Waals surface area (Å²) in [7, 11) is 0. The molecule has 2 fully saturated rings. The van der Waals surface area contributed by atoms with Crippen LogP contribution in [0.15, 0.2) is 0 Å². The van der Waals surface area contributed by atoms with Gasteiger partial charge >= 0.3 is 23.9 Å². The lowest BCUT2D eigenvalue weighted by Gasteiger charge is -2.56. The van der Waals surface area contributed by atoms with Gasteiger partial charge < -0.3 is 20.4 Å². The van der Waals surface area contributed by atoms with Crippen LogP contribution in [0.2, 0.25) is 0 Å². The Morgan fingerprint density at radius 1 is 0.686 bits per heavy atom. The monoisotopic (exact) mass is 499 g/mol. The van der Waals surface area contributed by atoms with Crippen molar-refractivity contribution in [2.24, 2.45) is 5.41 Å². The van der Waals surface area contributed by atoms with Crippen molar-refractivity contribution >= 4 is 23.9 Å². The highest BCUT2D eigenvalue weighted by Crippen LogP contribution is 2.45. The van der Waals surface area contributed by atoms with E-state index in [-0.39, 0.29) is 24.5 Å². The molecule has 11 nitrogen and oxygen atoms in total. The maximum atomic E-state index is 12.1. The van der Waals surface area contributed by atoms with Gasteiger partial charge in [0.05, 0.1) is 13.1 Å². The molecule has 2 unspecified atom stereocenters. The van der Waals surface area contributed by atoms with Crippen molar-refractivity contribution < 1.29 is 39.6 Å². The average molecular weight is 500 g/mol. The number of rotatable bonds is 16. The zero-order valence-electron chi connectivity index (χ0n) is 21.3. The summed E-state index contributed by atoms with van der Waals surface area (Å²) in [6.45, 7) is 7.60. The van der Waals surface area contributed by atoms with E-state index in [9.17, 15) is 39.6 Å². The summed E-state index contributed by atoms with van der Waals surface area (Å²) in [5.74, 6) is -4.16. The topological polar surface area (TPSA) is 159 Å². The molecule has 0 saturated heterocycles. The van der Waals surface area contributed by atoms with Gasteiger partial charge in [0.2, 0.25) is 0 Å². The highest BCUT2D eigenvalue weighted by atomic mass is 16.4. The molecule has 0 aromatic heterocycles. The third-order valence-corrected chi connectivity index (χ3v) is 7.99. The van der Waals surface area contributed by atoms with Crippen LogP contribution in [-0.2, 0) is 19.2 Å². The van der Waals surface area contributed by atoms with Gasteiger partial charge in [0.25, 0.3) is 0 Å². The van der Waals surface area contributed by atoms with Gasteiger partial charge in [-0.25, -0.2) is 0 Å². The fourth-order valence-corrected chi connectivity index (χ4v) is 5.48. The van der Waals surface area contributed by atoms with E-state index >= 15 is 0 Å². The summed E-state index contributed by atoms with van der Waals surface area (Å²) in [5, 5.41) is 38.4. The average Bonchev–Trinajstić information content (AvgIpc) is 2.69. The maximum absolute atomic E-state index is 12.1. The molecule has 4 N–H and O–H groups in total. The van der Waals surface area contributed by atoms with Gasteiger partial charge in [-0.3, -0.25) is 33.9 Å². The Morgan fingerprint density at radius 3 is 1.51 bits per heavy atom. The largest absolute Gasteiger partial charge is 0.480 e. The van der Waals surface area contributed by atoms with E-state index in [0.29, 0.717) is 25.9 Å². The van der Waals surface area contributed by atoms with Crippen molar-refractivity contribution in [2.45, 2.75) is 89.9 Å². The first-order chi connectivity index (χ1) is 16.2. The lowest BCUT2D eigenvalue weighted by atomic mass is 9.67. The number of carboxylic acids is 4. The molecule has 0 amide bonds. The van der Waals surface area contributed by atoms with Gasteiger partial charge in [0.15, 0.2) is 0 Å². The minimum absolute atomic E-state index is 0.00868. The first kappa shape index (κ1) is 29.0. The Labute approximate surface area is 206 Å². The molecule has 0 aromatic carbocycles. The molecule has 0 heterocycles. The molecule has 0 spiro atoms. The van der Waals surface area contributed by atoms with E-state index in [0.717, 1.165) is 25.7 Å². The maximum Gasteiger partial charge on any atom is 0.320 e. The molecule has 0 aliphatic heterocycles. The molecule has 200 valence electrons. The molecule has 2 aliphatic carbocycles. The van der Waals surface area contributed by atoms with Crippen molar-refractivity contribution in [1.82, 2.24) is 14.7 Å². The summed E-state index contributed by atoms with van der Waals surface area (Å²) < 4.78 is 0. The number of carboxylic acid groups (broad SMARTS) is 4. The normalized spacial score (nSPS) is 20.3. The van der Waals surface area contributed by atoms with Gasteiger partial charge in [0, 0.05) is 31.2 Å². The second-order valence-electron chi connectivity index (χ2n) is 10.8. The second kappa shape index (κ2) is 11.7. The van der Waals surface area contributed by atoms with Gasteiger partial charge in [-0.15, -0.1) is 0 Å². The standard InChI is InChI=1S/C24H41N3O8/c1-16(2)25(11-19(28)29)13-23(7-5-8-23)14-26(17(3)21(32)33)15-24(9-6-10-24)27(12-20(30)31)18(4)22(34)35/h16-18H,5-15H2,1-4H3,(H,28,29)(H,30,31)(H,32,33)(H,34,35). The quantitative estimate of drug-likeness (QED) is 0.244. The summed E-state index contributed by atoms with van der Waals surface area (Å²) in [6.07, 6.45) is 4.64. The number of carbonyl (C=O) groups is 4. The Bertz CT molecular complexity index is 794. The number of nitrogens with zero attached hydrogens (tertiary/aromatic N) is 3. The summed E-state index contributed by atoms with van der Waals surface area (Å²) in [5.41, 5.74) is -1.02. The van der Waals surface area contributed by atoms with Crippen molar-refractivity contribution in [3.63, 3.8) is 0 Å². The Balaban J connectivity index is 2.35. The summed E-state index contributed by atoms with van der Waals surface area (Å²) >= 11 is 0. The van der Waals surface area contributed by atoms with Crippen LogP contribution >= 0.6 is 0 Å². The molecular formula is C24H41N3O8. The van der Waals surface area contributed by atoms with Gasteiger partial charge in [-0.1, -0.05) is 6.42 Å². The Kier molecular flexibility index (Phi) is 9.66. The smallest absolute Gasteiger partial charge is 0.320 e. The Hall–Kier alpha value is -2.24. The summed E-state index contributed by atoms with van der Waals surface area (Å²) in [4.78, 5) is 52.1. The van der Waals surface area contributed by atoms with Crippen LogP contribution in [0.1, 0.15) is 66.2 Å². The molecule has 0 radical (unpaired) electrons. The number of aliphatic carboxylic acids is 4. The van der Waals surface area contributed by atoms with E-state index in [1.165, 1.54) is 11.8 Å². The third-order valence-electron chi connectivity index (χ3n) is 7.99. The molecule has 35 heavy (non-hydrogen) atoms. The van der Waals surface area contributed by atoms with Crippen LogP contribution in [0.3, 0.4) is 0 Å². The van der Waals surface area contributed by atoms with Crippen LogP contribution < -0.4 is 0 Å². The Morgan fingerprint density at radius 2 is 1.17 bits per heavy atom. The van der Waals surface area contributed by atoms with Crippen molar-refractivity contribution in [3.8, 4) is 0 Å². The van der Waals surface area contributed by atoms with Crippen molar-refractivity contribution in [1.29, 1.82) is 0 Å². The molecule has 11 heteroatoms. The van der Waals surface area contributed by atoms with Crippen LogP contribution in [0.4, 0.5) is 0 Å². The molecule has 0 bridgehead atoms. The first-order valence-electron chi connectivity index (χ1n) is 12.4. The van der Waals surface area contributed by atoms with Gasteiger partial charge in [-0.2, -0.15) is 0 Å². The molecule has 2 rings (SSSR count). The zero-order valence-corrected chi connectivity index (χ0v) is 21.3. The van der Waals surface area contributed by atoms with E-state index < -0.39 is 48.0 Å². The highest BCUT2D eigenvalue weighted by molar-refractivity contribution is 5.75. The van der Waals surface area contributed by atoms with Crippen molar-refractivity contribution in [2.75, 3.05) is 32.7 Å². The second-order valence-corrected chi connectivity index (χ2v) is 10.8. The number of hydrogen-bond acceptors (Lipinski definition) is 7. The van der Waals surface area contributed by atoms with E-state index in [1.807, 2.05) is 23.6 Å². The van der Waals surface area contributed by atoms with E-state index in [2.05, 4.69) is 0 Å². The molecule has 2 atom stereocenters. The molecular weight excluding hydrogens is 458 g/mol. The summed E-state index contributed by atoms with van der Waals surface area (Å²) in [6, 6.07) is -1.88. The lowest BCUT2D eigenvalue weighted by molar-refractivity contribution is -0.158. The molecule has 2 aliphatic rings. The minimum atomic E-state index is -1.13. The predicted molar refractivity (Wildman–Crippen MR) is 127 cm³/mol. The predicted octanol–water partition coefficient (Wildman–Crippen LogP) is 1.51. The zero-order chi connectivity index (χ0) is 26.6. The third kappa shape index (κ3) is 7.14. The highest BCUT2D eigenvalue weighted by Gasteiger charge is 2.50. The van der Waals surface area contributed by atoms with Crippen LogP contribution in [0.5, 0.6) is 0 Å². The molecule has 2 saturated carbocycles. The fourth-order valence-electron chi connectivity index (χ4n) is 5.48. The van der Waals surface area contributed by atoms with Crippen LogP contribution in [-0.4, -0.2) is 115 Å². The van der Waals surface area contributed by atoms with E-state index in [4.69, 9.17) is 0 Å². The SMILES string of the molecule is CC(C)N(CC(=O)O)CC1(CN(CC2(N(CC(=O)O)C(C)C(=O)O)CCC2)C(C)C(=O)O)CCC1. The lowest BCUT2D eigenvalue weighted by Crippen LogP contribution is -2.67. The van der Waals surface area contributed by atoms with Crippen LogP contribution in [0.25, 0.3) is 0 Å². The van der Waals surface area contributed by atoms with E-state index in [1.54, 1.807) is 6.92 Å². The van der Waals surface area contributed by atoms with Crippen molar-refractivity contribution in [3.05, 3.63) is 0 Å². The van der Waals surface area contributed by atoms with Gasteiger partial charge in [0.1, 0.15) is 12.1 Å². The fraction of sp³-hybridized carbons (Fsp3) is 0.833. The number of hydrogen-bond donors (Lipinski definition) is 4. The van der Waals surface area contributed by atoms with Gasteiger partial charge in [-0.05, 0) is 65.2 Å². The molecule has 0 aromatic rings. The van der Waals surface area contributed by atoms with Crippen LogP contribution in [0, 0.1) is 5.41 Å². The minimum Gasteiger partial charge on any atom is -0.480 e.